The number of hydrogen-bond acceptors (Lipinski definition) is 5. The summed E-state index contributed by atoms with van der Waals surface area (Å²) in [5.74, 6) is 0.170. The largest absolute Gasteiger partial charge is 0.487 e. The van der Waals surface area contributed by atoms with Gasteiger partial charge < -0.3 is 19.9 Å². The van der Waals surface area contributed by atoms with Crippen LogP contribution < -0.4 is 14.8 Å². The van der Waals surface area contributed by atoms with Crippen LogP contribution in [0.3, 0.4) is 0 Å². The van der Waals surface area contributed by atoms with E-state index in [4.69, 9.17) is 26.2 Å². The van der Waals surface area contributed by atoms with E-state index in [9.17, 15) is 10.1 Å². The Bertz CT molecular complexity index is 1500. The zero-order chi connectivity index (χ0) is 28.3. The van der Waals surface area contributed by atoms with Gasteiger partial charge in [-0.05, 0) is 65.9 Å². The molecule has 4 rings (SSSR count). The second kappa shape index (κ2) is 14.2. The minimum absolute atomic E-state index is 0.101. The molecule has 0 amide bonds. The Labute approximate surface area is 239 Å². The van der Waals surface area contributed by atoms with Gasteiger partial charge in [0, 0.05) is 18.5 Å². The average molecular weight is 555 g/mol. The number of benzene rings is 4. The maximum absolute atomic E-state index is 10.8. The molecule has 204 valence electrons. The summed E-state index contributed by atoms with van der Waals surface area (Å²) in [5.41, 5.74) is 6.72. The highest BCUT2D eigenvalue weighted by Crippen LogP contribution is 2.38. The van der Waals surface area contributed by atoms with Gasteiger partial charge in [-0.2, -0.15) is 5.26 Å². The minimum atomic E-state index is -0.820. The molecule has 0 bridgehead atoms. The van der Waals surface area contributed by atoms with E-state index in [0.717, 1.165) is 33.4 Å². The maximum Gasteiger partial charge on any atom is 0.303 e. The van der Waals surface area contributed by atoms with E-state index >= 15 is 0 Å². The molecule has 0 saturated heterocycles. The molecule has 0 fully saturated rings. The van der Waals surface area contributed by atoms with Gasteiger partial charge in [-0.3, -0.25) is 4.79 Å². The van der Waals surface area contributed by atoms with Gasteiger partial charge in [0.2, 0.25) is 0 Å². The third kappa shape index (κ3) is 7.63. The number of halogens is 1. The Kier molecular flexibility index (Phi) is 10.2. The second-order valence-corrected chi connectivity index (χ2v) is 9.76. The first-order valence-corrected chi connectivity index (χ1v) is 13.5. The van der Waals surface area contributed by atoms with Crippen LogP contribution in [0.4, 0.5) is 0 Å². The van der Waals surface area contributed by atoms with Crippen molar-refractivity contribution in [3.05, 3.63) is 118 Å². The standard InChI is InChI=1S/C33H31ClN2O4/c1-23-28(12-6-13-29(23)26-10-3-2-4-11-26)22-39-30-16-15-27(20-36-17-7-14-31(37)38)33(32(30)34)40-21-25-9-5-8-24(18-25)19-35/h2-6,8-13,15-16,18,36H,7,14,17,20-22H2,1H3,(H,37,38). The molecule has 0 aliphatic heterocycles. The Hall–Kier alpha value is -4.31. The number of nitrogens with one attached hydrogen (secondary N) is 1. The molecule has 2 N–H and O–H groups in total. The molecule has 0 radical (unpaired) electrons. The van der Waals surface area contributed by atoms with Crippen LogP contribution in [0.15, 0.2) is 84.9 Å². The number of nitrogens with zero attached hydrogens (tertiary/aromatic N) is 1. The fourth-order valence-corrected chi connectivity index (χ4v) is 4.68. The van der Waals surface area contributed by atoms with E-state index in [1.54, 1.807) is 12.1 Å². The monoisotopic (exact) mass is 554 g/mol. The van der Waals surface area contributed by atoms with E-state index in [2.05, 4.69) is 36.5 Å². The van der Waals surface area contributed by atoms with Crippen LogP contribution in [-0.2, 0) is 24.6 Å². The Morgan fingerprint density at radius 2 is 1.75 bits per heavy atom. The Balaban J connectivity index is 1.53. The van der Waals surface area contributed by atoms with Crippen LogP contribution in [0.5, 0.6) is 11.5 Å². The van der Waals surface area contributed by atoms with Gasteiger partial charge >= 0.3 is 5.97 Å². The van der Waals surface area contributed by atoms with E-state index < -0.39 is 5.97 Å². The number of rotatable bonds is 13. The number of hydrogen-bond donors (Lipinski definition) is 2. The van der Waals surface area contributed by atoms with Crippen LogP contribution in [-0.4, -0.2) is 17.6 Å². The van der Waals surface area contributed by atoms with E-state index in [0.29, 0.717) is 48.2 Å². The highest BCUT2D eigenvalue weighted by Gasteiger charge is 2.16. The smallest absolute Gasteiger partial charge is 0.303 e. The summed E-state index contributed by atoms with van der Waals surface area (Å²) in [6.45, 7) is 3.64. The van der Waals surface area contributed by atoms with Crippen molar-refractivity contribution in [1.29, 1.82) is 5.26 Å². The lowest BCUT2D eigenvalue weighted by atomic mass is 9.97. The highest BCUT2D eigenvalue weighted by atomic mass is 35.5. The zero-order valence-electron chi connectivity index (χ0n) is 22.3. The van der Waals surface area contributed by atoms with Gasteiger partial charge in [0.05, 0.1) is 11.6 Å². The molecule has 0 aliphatic carbocycles. The topological polar surface area (TPSA) is 91.6 Å². The number of aliphatic carboxylic acids is 1. The lowest BCUT2D eigenvalue weighted by Crippen LogP contribution is -2.16. The molecule has 0 heterocycles. The first kappa shape index (κ1) is 28.7. The van der Waals surface area contributed by atoms with Gasteiger partial charge in [-0.15, -0.1) is 0 Å². The molecular weight excluding hydrogens is 524 g/mol. The zero-order valence-corrected chi connectivity index (χ0v) is 23.1. The third-order valence-corrected chi connectivity index (χ3v) is 6.91. The average Bonchev–Trinajstić information content (AvgIpc) is 2.97. The fourth-order valence-electron chi connectivity index (χ4n) is 4.38. The van der Waals surface area contributed by atoms with E-state index in [-0.39, 0.29) is 13.0 Å². The molecule has 0 spiro atoms. The van der Waals surface area contributed by atoms with Gasteiger partial charge in [0.15, 0.2) is 0 Å². The molecule has 0 atom stereocenters. The van der Waals surface area contributed by atoms with Crippen LogP contribution in [0, 0.1) is 18.3 Å². The molecule has 0 saturated carbocycles. The predicted octanol–water partition coefficient (Wildman–Crippen LogP) is 7.30. The van der Waals surface area contributed by atoms with Crippen LogP contribution in [0.25, 0.3) is 11.1 Å². The van der Waals surface area contributed by atoms with E-state index in [1.807, 2.05) is 54.6 Å². The van der Waals surface area contributed by atoms with Crippen molar-refractivity contribution in [2.24, 2.45) is 0 Å². The maximum atomic E-state index is 10.8. The SMILES string of the molecule is Cc1c(COc2ccc(CNCCCC(=O)O)c(OCc3cccc(C#N)c3)c2Cl)cccc1-c1ccccc1. The summed E-state index contributed by atoms with van der Waals surface area (Å²) < 4.78 is 12.4. The molecule has 40 heavy (non-hydrogen) atoms. The number of carboxylic acids is 1. The van der Waals surface area contributed by atoms with Gasteiger partial charge in [0.1, 0.15) is 29.7 Å². The normalized spacial score (nSPS) is 10.6. The molecule has 6 nitrogen and oxygen atoms in total. The molecule has 0 aliphatic rings. The van der Waals surface area contributed by atoms with Crippen molar-refractivity contribution in [3.8, 4) is 28.7 Å². The van der Waals surface area contributed by atoms with Crippen LogP contribution in [0.1, 0.15) is 40.7 Å². The number of carboxylic acid groups (broad SMARTS) is 1. The summed E-state index contributed by atoms with van der Waals surface area (Å²) >= 11 is 6.85. The minimum Gasteiger partial charge on any atom is -0.487 e. The summed E-state index contributed by atoms with van der Waals surface area (Å²) in [6, 6.07) is 29.5. The number of nitriles is 1. The lowest BCUT2D eigenvalue weighted by molar-refractivity contribution is -0.137. The summed E-state index contributed by atoms with van der Waals surface area (Å²) in [4.78, 5) is 10.8. The van der Waals surface area contributed by atoms with Crippen molar-refractivity contribution in [1.82, 2.24) is 5.32 Å². The fraction of sp³-hybridized carbons (Fsp3) is 0.212. The summed E-state index contributed by atoms with van der Waals surface area (Å²) in [6.07, 6.45) is 0.618. The predicted molar refractivity (Wildman–Crippen MR) is 156 cm³/mol. The van der Waals surface area contributed by atoms with Gasteiger partial charge in [0.25, 0.3) is 0 Å². The van der Waals surface area contributed by atoms with Crippen molar-refractivity contribution in [3.63, 3.8) is 0 Å². The summed E-state index contributed by atoms with van der Waals surface area (Å²) in [5, 5.41) is 21.7. The highest BCUT2D eigenvalue weighted by molar-refractivity contribution is 6.33. The molecule has 0 aromatic heterocycles. The van der Waals surface area contributed by atoms with Crippen molar-refractivity contribution >= 4 is 17.6 Å². The number of carbonyl (C=O) groups is 1. The van der Waals surface area contributed by atoms with Crippen molar-refractivity contribution in [2.75, 3.05) is 6.54 Å². The Morgan fingerprint density at radius 3 is 2.52 bits per heavy atom. The molecule has 7 heteroatoms. The number of ether oxygens (including phenoxy) is 2. The first-order valence-electron chi connectivity index (χ1n) is 13.1. The molecule has 4 aromatic rings. The van der Waals surface area contributed by atoms with Gasteiger partial charge in [-0.25, -0.2) is 0 Å². The first-order chi connectivity index (χ1) is 19.5. The van der Waals surface area contributed by atoms with E-state index in [1.165, 1.54) is 0 Å². The third-order valence-electron chi connectivity index (χ3n) is 6.56. The Morgan fingerprint density at radius 1 is 0.950 bits per heavy atom. The summed E-state index contributed by atoms with van der Waals surface area (Å²) in [7, 11) is 0. The van der Waals surface area contributed by atoms with Crippen molar-refractivity contribution in [2.45, 2.75) is 39.5 Å². The molecule has 0 unspecified atom stereocenters. The van der Waals surface area contributed by atoms with Gasteiger partial charge in [-0.1, -0.05) is 78.3 Å². The quantitative estimate of drug-likeness (QED) is 0.168. The molecule has 4 aromatic carbocycles. The van der Waals surface area contributed by atoms with Crippen LogP contribution in [0.2, 0.25) is 5.02 Å². The molecular formula is C33H31ClN2O4. The van der Waals surface area contributed by atoms with Crippen molar-refractivity contribution < 1.29 is 19.4 Å². The second-order valence-electron chi connectivity index (χ2n) is 9.39. The lowest BCUT2D eigenvalue weighted by Gasteiger charge is -2.18. The van der Waals surface area contributed by atoms with Crippen LogP contribution >= 0.6 is 11.6 Å².